The van der Waals surface area contributed by atoms with E-state index >= 15 is 0 Å². The molecule has 162 valence electrons. The average Bonchev–Trinajstić information content (AvgIpc) is 2.58. The van der Waals surface area contributed by atoms with Crippen molar-refractivity contribution >= 4 is 103 Å². The molecule has 0 radical (unpaired) electrons. The van der Waals surface area contributed by atoms with E-state index in [9.17, 15) is 9.59 Å². The highest BCUT2D eigenvalue weighted by molar-refractivity contribution is 9.10. The van der Waals surface area contributed by atoms with Crippen LogP contribution in [0.25, 0.3) is 11.4 Å². The molecule has 2 N–H and O–H groups in total. The molecular weight excluding hydrogens is 593 g/mol. The molecule has 0 bridgehead atoms. The molecule has 0 atom stereocenters. The second-order valence-corrected chi connectivity index (χ2v) is 11.0. The summed E-state index contributed by atoms with van der Waals surface area (Å²) in [6.07, 6.45) is 0. The summed E-state index contributed by atoms with van der Waals surface area (Å²) in [6.45, 7) is -1.07. The number of aromatic nitrogens is 3. The Bertz CT molecular complexity index is 934. The lowest BCUT2D eigenvalue weighted by molar-refractivity contribution is -0.136. The van der Waals surface area contributed by atoms with Gasteiger partial charge in [0, 0.05) is 10.0 Å². The number of rotatable bonds is 6. The van der Waals surface area contributed by atoms with Crippen LogP contribution in [0.1, 0.15) is 11.6 Å². The average molecular weight is 602 g/mol. The van der Waals surface area contributed by atoms with Crippen LogP contribution >= 0.6 is 85.5 Å². The zero-order valence-electron chi connectivity index (χ0n) is 14.3. The largest absolute Gasteiger partial charge is 0.480 e. The van der Waals surface area contributed by atoms with Crippen molar-refractivity contribution in [2.45, 2.75) is 7.59 Å². The minimum absolute atomic E-state index is 0.00270. The van der Waals surface area contributed by atoms with Gasteiger partial charge in [0.2, 0.25) is 7.59 Å². The van der Waals surface area contributed by atoms with Gasteiger partial charge in [-0.2, -0.15) is 0 Å². The van der Waals surface area contributed by atoms with E-state index < -0.39 is 32.6 Å². The Morgan fingerprint density at radius 3 is 1.73 bits per heavy atom. The zero-order valence-corrected chi connectivity index (χ0v) is 20.4. The fourth-order valence-electron chi connectivity index (χ4n) is 2.21. The summed E-state index contributed by atoms with van der Waals surface area (Å²) >= 11 is 38.4. The molecule has 0 aliphatic rings. The third kappa shape index (κ3) is 6.85. The van der Waals surface area contributed by atoms with Crippen molar-refractivity contribution in [1.29, 1.82) is 0 Å². The van der Waals surface area contributed by atoms with Gasteiger partial charge < -0.3 is 15.1 Å². The second-order valence-electron chi connectivity index (χ2n) is 5.61. The predicted molar refractivity (Wildman–Crippen MR) is 119 cm³/mol. The van der Waals surface area contributed by atoms with Crippen LogP contribution in [0, 0.1) is 0 Å². The molecule has 2 aromatic rings. The van der Waals surface area contributed by atoms with Crippen molar-refractivity contribution < 1.29 is 19.8 Å². The van der Waals surface area contributed by atoms with Crippen LogP contribution in [0.15, 0.2) is 22.7 Å². The van der Waals surface area contributed by atoms with Gasteiger partial charge in [0.1, 0.15) is 13.1 Å². The van der Waals surface area contributed by atoms with Crippen LogP contribution in [0.4, 0.5) is 5.69 Å². The summed E-state index contributed by atoms with van der Waals surface area (Å²) in [5.74, 6) is -2.97. The maximum Gasteiger partial charge on any atom is 0.323 e. The number of hydrogen-bond acceptors (Lipinski definition) is 6. The number of carbonyl (C=O) groups is 2. The fourth-order valence-corrected chi connectivity index (χ4v) is 3.35. The Morgan fingerprint density at radius 2 is 1.37 bits per heavy atom. The van der Waals surface area contributed by atoms with E-state index in [1.165, 1.54) is 18.2 Å². The minimum atomic E-state index is -2.03. The molecule has 1 aromatic carbocycles. The van der Waals surface area contributed by atoms with Crippen molar-refractivity contribution in [2.75, 3.05) is 18.0 Å². The number of alkyl halides is 6. The molecule has 0 spiro atoms. The van der Waals surface area contributed by atoms with E-state index in [0.29, 0.717) is 15.7 Å². The summed E-state index contributed by atoms with van der Waals surface area (Å²) in [5, 5.41) is 18.1. The summed E-state index contributed by atoms with van der Waals surface area (Å²) in [7, 11) is 0. The van der Waals surface area contributed by atoms with Gasteiger partial charge in [-0.05, 0) is 34.1 Å². The van der Waals surface area contributed by atoms with Gasteiger partial charge in [0.15, 0.2) is 17.5 Å². The van der Waals surface area contributed by atoms with Crippen LogP contribution in [0.2, 0.25) is 0 Å². The monoisotopic (exact) mass is 598 g/mol. The van der Waals surface area contributed by atoms with E-state index in [1.807, 2.05) is 0 Å². The maximum atomic E-state index is 11.1. The quantitative estimate of drug-likeness (QED) is 0.448. The summed E-state index contributed by atoms with van der Waals surface area (Å²) in [4.78, 5) is 35.3. The van der Waals surface area contributed by atoms with Gasteiger partial charge >= 0.3 is 11.9 Å². The van der Waals surface area contributed by atoms with Gasteiger partial charge in [-0.3, -0.25) is 9.59 Å². The van der Waals surface area contributed by atoms with E-state index in [2.05, 4.69) is 30.9 Å². The number of hydrogen-bond donors (Lipinski definition) is 2. The topological polar surface area (TPSA) is 117 Å². The lowest BCUT2D eigenvalue weighted by atomic mass is 10.1. The van der Waals surface area contributed by atoms with E-state index in [0.717, 1.165) is 4.90 Å². The third-order valence-corrected chi connectivity index (χ3v) is 4.99. The first kappa shape index (κ1) is 25.5. The van der Waals surface area contributed by atoms with E-state index in [-0.39, 0.29) is 17.5 Å². The Morgan fingerprint density at radius 1 is 0.900 bits per heavy atom. The molecule has 0 aliphatic heterocycles. The van der Waals surface area contributed by atoms with Gasteiger partial charge in [-0.1, -0.05) is 69.6 Å². The van der Waals surface area contributed by atoms with Crippen LogP contribution in [0.3, 0.4) is 0 Å². The fraction of sp³-hybridized carbons (Fsp3) is 0.267. The van der Waals surface area contributed by atoms with Crippen molar-refractivity contribution in [2.24, 2.45) is 0 Å². The Balaban J connectivity index is 2.56. The highest BCUT2D eigenvalue weighted by atomic mass is 79.9. The molecule has 1 heterocycles. The molecule has 0 aliphatic carbocycles. The normalized spacial score (nSPS) is 12.0. The van der Waals surface area contributed by atoms with Crippen LogP contribution in [-0.4, -0.2) is 50.2 Å². The number of carboxylic acids is 2. The first-order chi connectivity index (χ1) is 13.7. The molecule has 0 saturated heterocycles. The number of carboxylic acid groups (broad SMARTS) is 2. The zero-order chi connectivity index (χ0) is 22.9. The molecule has 2 rings (SSSR count). The molecule has 0 fully saturated rings. The maximum absolute atomic E-state index is 11.1. The van der Waals surface area contributed by atoms with Crippen LogP contribution < -0.4 is 4.90 Å². The van der Waals surface area contributed by atoms with Crippen LogP contribution in [0.5, 0.6) is 0 Å². The van der Waals surface area contributed by atoms with E-state index in [1.54, 1.807) is 0 Å². The number of nitrogens with zero attached hydrogens (tertiary/aromatic N) is 4. The van der Waals surface area contributed by atoms with Crippen molar-refractivity contribution in [3.63, 3.8) is 0 Å². The minimum Gasteiger partial charge on any atom is -0.480 e. The van der Waals surface area contributed by atoms with Crippen molar-refractivity contribution in [3.05, 3.63) is 34.3 Å². The highest BCUT2D eigenvalue weighted by Crippen LogP contribution is 2.41. The number of anilines is 1. The Hall–Kier alpha value is -0.810. The van der Waals surface area contributed by atoms with Crippen molar-refractivity contribution in [3.8, 4) is 11.4 Å². The first-order valence-electron chi connectivity index (χ1n) is 7.57. The SMILES string of the molecule is O=C(O)CN(CC(=O)O)c1ccc(-c2nc(C(Cl)(Cl)Cl)nc(C(Cl)(Cl)Cl)n2)cc1Br. The molecule has 15 heteroatoms. The smallest absolute Gasteiger partial charge is 0.323 e. The lowest BCUT2D eigenvalue weighted by Gasteiger charge is -2.22. The molecule has 30 heavy (non-hydrogen) atoms. The molecule has 1 aromatic heterocycles. The van der Waals surface area contributed by atoms with Gasteiger partial charge in [0.05, 0.1) is 5.69 Å². The molecular formula is C15H9BrCl6N4O4. The lowest BCUT2D eigenvalue weighted by Crippen LogP contribution is -2.34. The molecule has 8 nitrogen and oxygen atoms in total. The Labute approximate surface area is 208 Å². The second kappa shape index (κ2) is 9.77. The highest BCUT2D eigenvalue weighted by Gasteiger charge is 2.34. The number of halogens is 7. The third-order valence-electron chi connectivity index (χ3n) is 3.34. The summed E-state index contributed by atoms with van der Waals surface area (Å²) in [6, 6.07) is 4.47. The number of benzene rings is 1. The van der Waals surface area contributed by atoms with Gasteiger partial charge in [-0.15, -0.1) is 0 Å². The van der Waals surface area contributed by atoms with Gasteiger partial charge in [-0.25, -0.2) is 15.0 Å². The Kier molecular flexibility index (Phi) is 8.29. The van der Waals surface area contributed by atoms with Crippen molar-refractivity contribution in [1.82, 2.24) is 15.0 Å². The first-order valence-corrected chi connectivity index (χ1v) is 10.6. The molecule has 0 unspecified atom stereocenters. The standard InChI is InChI=1S/C15H9BrCl6N4O4/c16-7-3-6(1-2-8(7)26(4-9(27)28)5-10(29)30)11-23-12(14(17,18)19)25-13(24-11)15(20,21)22/h1-3H,4-5H2,(H,27,28)(H,29,30). The van der Waals surface area contributed by atoms with Gasteiger partial charge in [0.25, 0.3) is 0 Å². The van der Waals surface area contributed by atoms with E-state index in [4.69, 9.17) is 79.8 Å². The summed E-state index contributed by atoms with van der Waals surface area (Å²) in [5.41, 5.74) is 0.672. The predicted octanol–water partition coefficient (Wildman–Crippen LogP) is 4.93. The molecule has 0 saturated carbocycles. The number of aliphatic carboxylic acids is 2. The summed E-state index contributed by atoms with van der Waals surface area (Å²) < 4.78 is -3.70. The van der Waals surface area contributed by atoms with Crippen LogP contribution in [-0.2, 0) is 17.2 Å². The molecule has 0 amide bonds.